The second-order valence-electron chi connectivity index (χ2n) is 5.91. The fourth-order valence-electron chi connectivity index (χ4n) is 2.03. The van der Waals surface area contributed by atoms with Gasteiger partial charge < -0.3 is 8.92 Å². The number of hydrogen-bond donors (Lipinski definition) is 0. The van der Waals surface area contributed by atoms with Gasteiger partial charge in [0.2, 0.25) is 0 Å². The van der Waals surface area contributed by atoms with Crippen molar-refractivity contribution in [1.29, 1.82) is 0 Å². The van der Waals surface area contributed by atoms with Gasteiger partial charge in [-0.3, -0.25) is 4.90 Å². The Morgan fingerprint density at radius 1 is 1.39 bits per heavy atom. The van der Waals surface area contributed by atoms with Gasteiger partial charge in [0.05, 0.1) is 13.2 Å². The molecule has 0 saturated heterocycles. The molecule has 0 saturated carbocycles. The average Bonchev–Trinajstić information content (AvgIpc) is 2.34. The average molecular weight is 359 g/mol. The number of amides is 1. The number of rotatable bonds is 5. The lowest BCUT2D eigenvalue weighted by atomic mass is 9.89. The molecule has 1 aliphatic heterocycles. The molecule has 1 heterocycles. The molecule has 0 bridgehead atoms. The number of carbonyl (C=O) groups excluding carboxylic acids is 1. The lowest BCUT2D eigenvalue weighted by Gasteiger charge is -2.35. The highest BCUT2D eigenvalue weighted by Gasteiger charge is 2.49. The molecule has 0 aliphatic carbocycles. The first-order chi connectivity index (χ1) is 10.4. The van der Waals surface area contributed by atoms with Gasteiger partial charge in [-0.05, 0) is 12.5 Å². The SMILES string of the molecule is CCCCOC(=O)N1CC(OS(=O)(=O)C(F)(F)F)=CC(C)(C)C1. The summed E-state index contributed by atoms with van der Waals surface area (Å²) in [7, 11) is -5.76. The highest BCUT2D eigenvalue weighted by Crippen LogP contribution is 2.32. The monoisotopic (exact) mass is 359 g/mol. The molecule has 0 aromatic carbocycles. The summed E-state index contributed by atoms with van der Waals surface area (Å²) in [6.07, 6.45) is 2.03. The van der Waals surface area contributed by atoms with Gasteiger partial charge in [-0.25, -0.2) is 4.79 Å². The molecule has 1 aliphatic rings. The lowest BCUT2D eigenvalue weighted by Crippen LogP contribution is -2.44. The van der Waals surface area contributed by atoms with Gasteiger partial charge >= 0.3 is 21.7 Å². The maximum atomic E-state index is 12.4. The third-order valence-electron chi connectivity index (χ3n) is 2.98. The number of ether oxygens (including phenoxy) is 1. The molecular formula is C13H20F3NO5S. The number of carbonyl (C=O) groups is 1. The quantitative estimate of drug-likeness (QED) is 0.429. The minimum absolute atomic E-state index is 0.177. The highest BCUT2D eigenvalue weighted by molar-refractivity contribution is 7.87. The summed E-state index contributed by atoms with van der Waals surface area (Å²) < 4.78 is 68.5. The van der Waals surface area contributed by atoms with Gasteiger partial charge in [0.25, 0.3) is 0 Å². The van der Waals surface area contributed by atoms with E-state index in [-0.39, 0.29) is 13.2 Å². The molecule has 23 heavy (non-hydrogen) atoms. The fourth-order valence-corrected chi connectivity index (χ4v) is 2.50. The van der Waals surface area contributed by atoms with Crippen LogP contribution in [0.1, 0.15) is 33.6 Å². The maximum Gasteiger partial charge on any atom is 0.534 e. The van der Waals surface area contributed by atoms with Gasteiger partial charge in [-0.2, -0.15) is 21.6 Å². The van der Waals surface area contributed by atoms with Gasteiger partial charge in [-0.1, -0.05) is 27.2 Å². The molecular weight excluding hydrogens is 339 g/mol. The molecule has 1 rings (SSSR count). The van der Waals surface area contributed by atoms with Crippen LogP contribution in [0, 0.1) is 5.41 Å². The molecule has 0 spiro atoms. The Labute approximate surface area is 133 Å². The van der Waals surface area contributed by atoms with Crippen LogP contribution in [0.15, 0.2) is 11.8 Å². The second kappa shape index (κ2) is 6.98. The Bertz CT molecular complexity index is 569. The van der Waals surface area contributed by atoms with E-state index in [0.717, 1.165) is 11.3 Å². The summed E-state index contributed by atoms with van der Waals surface area (Å²) in [6.45, 7) is 5.16. The minimum Gasteiger partial charge on any atom is -0.449 e. The molecule has 134 valence electrons. The van der Waals surface area contributed by atoms with Crippen LogP contribution in [0.25, 0.3) is 0 Å². The number of nitrogens with zero attached hydrogens (tertiary/aromatic N) is 1. The van der Waals surface area contributed by atoms with E-state index in [9.17, 15) is 26.4 Å². The standard InChI is InChI=1S/C13H20F3NO5S/c1-4-5-6-21-11(18)17-8-10(7-12(2,3)9-17)22-23(19,20)13(14,15)16/h7H,4-6,8-9H2,1-3H3. The van der Waals surface area contributed by atoms with Crippen molar-refractivity contribution in [3.8, 4) is 0 Å². The first kappa shape index (κ1) is 19.6. The smallest absolute Gasteiger partial charge is 0.449 e. The topological polar surface area (TPSA) is 72.9 Å². The zero-order chi connectivity index (χ0) is 17.9. The van der Waals surface area contributed by atoms with Crippen molar-refractivity contribution in [2.45, 2.75) is 39.1 Å². The van der Waals surface area contributed by atoms with Crippen LogP contribution < -0.4 is 0 Å². The molecule has 0 unspecified atom stereocenters. The molecule has 6 nitrogen and oxygen atoms in total. The van der Waals surface area contributed by atoms with E-state index in [2.05, 4.69) is 4.18 Å². The molecule has 0 aromatic heterocycles. The van der Waals surface area contributed by atoms with Crippen molar-refractivity contribution >= 4 is 16.2 Å². The van der Waals surface area contributed by atoms with Gasteiger partial charge in [0.1, 0.15) is 5.76 Å². The van der Waals surface area contributed by atoms with Crippen LogP contribution in [0.2, 0.25) is 0 Å². The van der Waals surface area contributed by atoms with Crippen molar-refractivity contribution in [1.82, 2.24) is 4.90 Å². The molecule has 0 aromatic rings. The molecule has 0 N–H and O–H groups in total. The largest absolute Gasteiger partial charge is 0.534 e. The van der Waals surface area contributed by atoms with Gasteiger partial charge in [0, 0.05) is 12.0 Å². The summed E-state index contributed by atoms with van der Waals surface area (Å²) in [6, 6.07) is 0. The Kier molecular flexibility index (Phi) is 5.95. The number of hydrogen-bond acceptors (Lipinski definition) is 5. The van der Waals surface area contributed by atoms with E-state index < -0.39 is 39.4 Å². The predicted molar refractivity (Wildman–Crippen MR) is 75.8 cm³/mol. The number of halogens is 3. The normalized spacial score (nSPS) is 18.3. The summed E-state index contributed by atoms with van der Waals surface area (Å²) in [5.74, 6) is -0.453. The van der Waals surface area contributed by atoms with Crippen LogP contribution in [-0.4, -0.2) is 44.6 Å². The van der Waals surface area contributed by atoms with Crippen LogP contribution in [0.5, 0.6) is 0 Å². The first-order valence-corrected chi connectivity index (χ1v) is 8.43. The van der Waals surface area contributed by atoms with E-state index >= 15 is 0 Å². The van der Waals surface area contributed by atoms with Crippen molar-refractivity contribution in [3.05, 3.63) is 11.8 Å². The Hall–Kier alpha value is -1.45. The van der Waals surface area contributed by atoms with Crippen molar-refractivity contribution in [2.24, 2.45) is 5.41 Å². The molecule has 0 radical (unpaired) electrons. The molecule has 0 fully saturated rings. The van der Waals surface area contributed by atoms with E-state index in [1.54, 1.807) is 13.8 Å². The summed E-state index contributed by atoms with van der Waals surface area (Å²) in [5.41, 5.74) is -6.28. The zero-order valence-electron chi connectivity index (χ0n) is 13.1. The number of alkyl halides is 3. The summed E-state index contributed by atoms with van der Waals surface area (Å²) in [5, 5.41) is 0. The third-order valence-corrected chi connectivity index (χ3v) is 3.98. The van der Waals surface area contributed by atoms with Crippen molar-refractivity contribution in [2.75, 3.05) is 19.7 Å². The summed E-state index contributed by atoms with van der Waals surface area (Å²) >= 11 is 0. The molecule has 1 amide bonds. The van der Waals surface area contributed by atoms with E-state index in [4.69, 9.17) is 4.74 Å². The fraction of sp³-hybridized carbons (Fsp3) is 0.769. The Morgan fingerprint density at radius 3 is 2.52 bits per heavy atom. The van der Waals surface area contributed by atoms with Crippen LogP contribution in [-0.2, 0) is 19.0 Å². The van der Waals surface area contributed by atoms with E-state index in [0.29, 0.717) is 6.42 Å². The molecule has 10 heteroatoms. The van der Waals surface area contributed by atoms with Crippen molar-refractivity contribution in [3.63, 3.8) is 0 Å². The van der Waals surface area contributed by atoms with Crippen LogP contribution in [0.3, 0.4) is 0 Å². The number of unbranched alkanes of at least 4 members (excludes halogenated alkanes) is 1. The van der Waals surface area contributed by atoms with E-state index in [1.807, 2.05) is 6.92 Å². The maximum absolute atomic E-state index is 12.4. The van der Waals surface area contributed by atoms with Gasteiger partial charge in [-0.15, -0.1) is 0 Å². The third kappa shape index (κ3) is 5.60. The Morgan fingerprint density at radius 2 is 2.00 bits per heavy atom. The van der Waals surface area contributed by atoms with E-state index in [1.165, 1.54) is 6.08 Å². The Balaban J connectivity index is 2.86. The van der Waals surface area contributed by atoms with Crippen molar-refractivity contribution < 1.29 is 35.3 Å². The lowest BCUT2D eigenvalue weighted by molar-refractivity contribution is -0.0527. The highest BCUT2D eigenvalue weighted by atomic mass is 32.2. The zero-order valence-corrected chi connectivity index (χ0v) is 14.0. The predicted octanol–water partition coefficient (Wildman–Crippen LogP) is 3.02. The minimum atomic E-state index is -5.76. The van der Waals surface area contributed by atoms with Crippen LogP contribution in [0.4, 0.5) is 18.0 Å². The molecule has 0 atom stereocenters. The van der Waals surface area contributed by atoms with Gasteiger partial charge in [0.15, 0.2) is 0 Å². The summed E-state index contributed by atoms with van der Waals surface area (Å²) in [4.78, 5) is 13.0. The van der Waals surface area contributed by atoms with Crippen LogP contribution >= 0.6 is 0 Å². The first-order valence-electron chi connectivity index (χ1n) is 7.02. The second-order valence-corrected chi connectivity index (χ2v) is 7.44.